The predicted octanol–water partition coefficient (Wildman–Crippen LogP) is 1.45. The van der Waals surface area contributed by atoms with Gasteiger partial charge in [0.2, 0.25) is 0 Å². The van der Waals surface area contributed by atoms with E-state index in [-0.39, 0.29) is 5.19 Å². The lowest BCUT2D eigenvalue weighted by molar-refractivity contribution is 0.00578. The molecule has 1 aliphatic heterocycles. The van der Waals surface area contributed by atoms with Crippen LogP contribution in [0.3, 0.4) is 0 Å². The minimum atomic E-state index is -2.49. The van der Waals surface area contributed by atoms with Crippen LogP contribution in [0.4, 0.5) is 0 Å². The Morgan fingerprint density at radius 1 is 1.38 bits per heavy atom. The summed E-state index contributed by atoms with van der Waals surface area (Å²) in [6, 6.07) is 0. The first-order valence-corrected chi connectivity index (χ1v) is 5.88. The largest absolute Gasteiger partial charge is 0.515 e. The van der Waals surface area contributed by atoms with Gasteiger partial charge in [0.15, 0.2) is 0 Å². The Balaban J connectivity index is 2.13. The third-order valence-corrected chi connectivity index (χ3v) is 3.82. The molecule has 16 heavy (non-hydrogen) atoms. The van der Waals surface area contributed by atoms with E-state index in [9.17, 15) is 0 Å². The quantitative estimate of drug-likeness (QED) is 0.738. The van der Waals surface area contributed by atoms with Crippen molar-refractivity contribution >= 4 is 24.0 Å². The van der Waals surface area contributed by atoms with Crippen molar-refractivity contribution in [2.75, 3.05) is 7.04 Å². The van der Waals surface area contributed by atoms with Crippen LogP contribution in [0.1, 0.15) is 31.8 Å². The molecule has 0 spiro atoms. The van der Waals surface area contributed by atoms with Gasteiger partial charge in [0.1, 0.15) is 0 Å². The highest BCUT2D eigenvalue weighted by Gasteiger charge is 2.52. The van der Waals surface area contributed by atoms with Crippen molar-refractivity contribution < 1.29 is 18.2 Å². The zero-order valence-electron chi connectivity index (χ0n) is 12.7. The maximum Gasteiger partial charge on any atom is 0.515 e. The van der Waals surface area contributed by atoms with E-state index in [0.29, 0.717) is 5.59 Å². The third kappa shape index (κ3) is 1.85. The van der Waals surface area contributed by atoms with Crippen LogP contribution in [0.25, 0.3) is 0 Å². The first kappa shape index (κ1) is 8.50. The molecule has 0 bridgehead atoms. The van der Waals surface area contributed by atoms with E-state index < -0.39 is 25.4 Å². The molecule has 88 valence electrons. The summed E-state index contributed by atoms with van der Waals surface area (Å²) in [6.45, 7) is 7.77. The average Bonchev–Trinajstić information content (AvgIpc) is 2.68. The molecule has 1 aromatic rings. The van der Waals surface area contributed by atoms with E-state index in [1.165, 1.54) is 0 Å². The number of rotatable bonds is 2. The maximum absolute atomic E-state index is 7.03. The highest BCUT2D eigenvalue weighted by atomic mass is 32.1. The van der Waals surface area contributed by atoms with Crippen molar-refractivity contribution in [2.45, 2.75) is 38.9 Å². The van der Waals surface area contributed by atoms with Crippen molar-refractivity contribution in [2.24, 2.45) is 0 Å². The smallest absolute Gasteiger partial charge is 0.473 e. The Morgan fingerprint density at radius 2 is 2.00 bits per heavy atom. The van der Waals surface area contributed by atoms with E-state index >= 15 is 0 Å². The summed E-state index contributed by atoms with van der Waals surface area (Å²) in [5.74, 6) is 0. The van der Waals surface area contributed by atoms with Crippen LogP contribution in [0.5, 0.6) is 5.19 Å². The Kier molecular flexibility index (Phi) is 1.97. The van der Waals surface area contributed by atoms with Gasteiger partial charge in [0.25, 0.3) is 5.19 Å². The Bertz CT molecular complexity index is 459. The average molecular weight is 244 g/mol. The molecule has 0 aliphatic carbocycles. The lowest BCUT2D eigenvalue weighted by Gasteiger charge is -2.32. The summed E-state index contributed by atoms with van der Waals surface area (Å²) < 4.78 is 37.5. The van der Waals surface area contributed by atoms with Crippen molar-refractivity contribution in [3.8, 4) is 5.19 Å². The third-order valence-electron chi connectivity index (χ3n) is 3.08. The number of methoxy groups -OCH3 is 1. The van der Waals surface area contributed by atoms with Gasteiger partial charge in [-0.15, -0.1) is 0 Å². The number of thiazole rings is 1. The molecule has 0 unspecified atom stereocenters. The van der Waals surface area contributed by atoms with E-state index in [2.05, 4.69) is 4.98 Å². The molecule has 2 heterocycles. The summed E-state index contributed by atoms with van der Waals surface area (Å²) in [5, 5.41) is 1.77. The van der Waals surface area contributed by atoms with Gasteiger partial charge in [-0.25, -0.2) is 4.98 Å². The zero-order valence-corrected chi connectivity index (χ0v) is 10.6. The van der Waals surface area contributed by atoms with Crippen LogP contribution in [0, 0.1) is 0 Å². The second-order valence-electron chi connectivity index (χ2n) is 4.73. The summed E-state index contributed by atoms with van der Waals surface area (Å²) >= 11 is 1.11. The summed E-state index contributed by atoms with van der Waals surface area (Å²) in [5.41, 5.74) is -0.374. The molecule has 1 fully saturated rings. The monoisotopic (exact) mass is 244 g/mol. The van der Waals surface area contributed by atoms with Gasteiger partial charge in [0.05, 0.1) is 27.9 Å². The maximum atomic E-state index is 7.03. The van der Waals surface area contributed by atoms with Crippen LogP contribution in [0.2, 0.25) is 0 Å². The molecule has 1 saturated heterocycles. The summed E-state index contributed by atoms with van der Waals surface area (Å²) in [4.78, 5) is 4.10. The van der Waals surface area contributed by atoms with Crippen LogP contribution < -0.4 is 10.3 Å². The van der Waals surface area contributed by atoms with Gasteiger partial charge in [-0.2, -0.15) is 0 Å². The first-order valence-electron chi connectivity index (χ1n) is 6.50. The van der Waals surface area contributed by atoms with Crippen molar-refractivity contribution in [1.29, 1.82) is 0 Å². The molecule has 0 aromatic carbocycles. The molecular formula is C10H16BNO3S. The van der Waals surface area contributed by atoms with Crippen molar-refractivity contribution in [3.05, 3.63) is 5.38 Å². The fourth-order valence-corrected chi connectivity index (χ4v) is 1.98. The molecule has 6 heteroatoms. The summed E-state index contributed by atoms with van der Waals surface area (Å²) in [7, 11) is -3.10. The molecule has 0 saturated carbocycles. The van der Waals surface area contributed by atoms with Gasteiger partial charge < -0.3 is 14.0 Å². The number of ether oxygens (including phenoxy) is 1. The molecule has 0 atom stereocenters. The minimum Gasteiger partial charge on any atom is -0.473 e. The standard InChI is InChI=1S/C10H16BNO3S/c1-9(2)10(3,4)15-11(14-9)7-6-16-8(12-7)13-5/h6H,1-5H3/i5D3. The van der Waals surface area contributed by atoms with Crippen molar-refractivity contribution in [1.82, 2.24) is 4.98 Å². The highest BCUT2D eigenvalue weighted by Crippen LogP contribution is 2.36. The molecule has 0 amide bonds. The molecule has 2 rings (SSSR count). The van der Waals surface area contributed by atoms with Crippen LogP contribution in [-0.2, 0) is 9.31 Å². The van der Waals surface area contributed by atoms with E-state index in [1.54, 1.807) is 5.38 Å². The Morgan fingerprint density at radius 3 is 2.56 bits per heavy atom. The molecule has 1 aromatic heterocycles. The number of hydrogen-bond acceptors (Lipinski definition) is 5. The molecule has 1 aliphatic rings. The molecule has 0 N–H and O–H groups in total. The topological polar surface area (TPSA) is 40.6 Å². The van der Waals surface area contributed by atoms with Gasteiger partial charge in [-0.3, -0.25) is 0 Å². The number of nitrogens with zero attached hydrogens (tertiary/aromatic N) is 1. The fraction of sp³-hybridized carbons (Fsp3) is 0.700. The van der Waals surface area contributed by atoms with Crippen LogP contribution in [-0.4, -0.2) is 30.3 Å². The minimum absolute atomic E-state index is 0.0877. The Labute approximate surface area is 104 Å². The number of hydrogen-bond donors (Lipinski definition) is 0. The Hall–Kier alpha value is -0.585. The van der Waals surface area contributed by atoms with Crippen LogP contribution in [0.15, 0.2) is 5.38 Å². The van der Waals surface area contributed by atoms with Crippen molar-refractivity contribution in [3.63, 3.8) is 0 Å². The number of aromatic nitrogens is 1. The van der Waals surface area contributed by atoms with Gasteiger partial charge in [-0.1, -0.05) is 11.3 Å². The fourth-order valence-electron chi connectivity index (χ4n) is 1.39. The second kappa shape index (κ2) is 3.72. The molecular weight excluding hydrogens is 225 g/mol. The lowest BCUT2D eigenvalue weighted by Crippen LogP contribution is -2.41. The molecule has 0 radical (unpaired) electrons. The highest BCUT2D eigenvalue weighted by molar-refractivity contribution is 7.12. The molecule has 4 nitrogen and oxygen atoms in total. The lowest BCUT2D eigenvalue weighted by atomic mass is 9.86. The SMILES string of the molecule is [2H]C([2H])([2H])Oc1nc(B2OC(C)(C)C(C)(C)O2)cs1. The second-order valence-corrected chi connectivity index (χ2v) is 5.55. The van der Waals surface area contributed by atoms with E-state index in [1.807, 2.05) is 27.7 Å². The summed E-state index contributed by atoms with van der Waals surface area (Å²) in [6.07, 6.45) is 0. The van der Waals surface area contributed by atoms with Gasteiger partial charge in [0, 0.05) is 5.38 Å². The van der Waals surface area contributed by atoms with Gasteiger partial charge in [-0.05, 0) is 27.7 Å². The predicted molar refractivity (Wildman–Crippen MR) is 64.4 cm³/mol. The van der Waals surface area contributed by atoms with E-state index in [0.717, 1.165) is 11.3 Å². The van der Waals surface area contributed by atoms with Gasteiger partial charge >= 0.3 is 7.12 Å². The normalized spacial score (nSPS) is 26.0. The zero-order chi connectivity index (χ0) is 14.5. The van der Waals surface area contributed by atoms with E-state index in [4.69, 9.17) is 18.2 Å². The first-order chi connectivity index (χ1) is 8.50. The van der Waals surface area contributed by atoms with Crippen LogP contribution >= 0.6 is 11.3 Å².